The average Bonchev–Trinajstić information content (AvgIpc) is 3.00. The zero-order valence-electron chi connectivity index (χ0n) is 17.7. The van der Waals surface area contributed by atoms with E-state index in [0.717, 1.165) is 45.1 Å². The maximum absolute atomic E-state index is 12.6. The van der Waals surface area contributed by atoms with Crippen LogP contribution in [0.4, 0.5) is 0 Å². The number of nitrogens with zero attached hydrogens (tertiary/aromatic N) is 1. The average molecular weight is 407 g/mol. The minimum atomic E-state index is -0.117. The second-order valence-electron chi connectivity index (χ2n) is 10.6. The summed E-state index contributed by atoms with van der Waals surface area (Å²) in [6.45, 7) is 5.48. The van der Waals surface area contributed by atoms with Gasteiger partial charge in [0.15, 0.2) is 0 Å². The minimum Gasteiger partial charge on any atom is -0.330 e. The van der Waals surface area contributed by atoms with Crippen molar-refractivity contribution in [2.45, 2.75) is 89.3 Å². The summed E-state index contributed by atoms with van der Waals surface area (Å²) in [7, 11) is 0. The Balaban J connectivity index is 1.51. The predicted molar refractivity (Wildman–Crippen MR) is 116 cm³/mol. The first-order valence-corrected chi connectivity index (χ1v) is 12.7. The number of Topliss-reactive ketones (excluding diaryl/α,β-unsaturated/α-hetero) is 1. The molecule has 4 rings (SSSR count). The summed E-state index contributed by atoms with van der Waals surface area (Å²) in [5.74, 6) is 3.82. The lowest BCUT2D eigenvalue weighted by Crippen LogP contribution is -2.57. The number of fused-ring (bicyclic) bond motifs is 5. The third-order valence-electron chi connectivity index (χ3n) is 9.43. The topological polar surface area (TPSA) is 72.5 Å². The summed E-state index contributed by atoms with van der Waals surface area (Å²) in [4.78, 5) is 24.5. The Hall–Kier alpha value is -0.420. The van der Waals surface area contributed by atoms with Crippen molar-refractivity contribution in [1.29, 1.82) is 0 Å². The van der Waals surface area contributed by atoms with Gasteiger partial charge in [-0.2, -0.15) is 16.7 Å². The second-order valence-corrected chi connectivity index (χ2v) is 12.0. The molecule has 0 aromatic heterocycles. The van der Waals surface area contributed by atoms with Crippen molar-refractivity contribution in [3.63, 3.8) is 0 Å². The van der Waals surface area contributed by atoms with Gasteiger partial charge in [0, 0.05) is 17.1 Å². The van der Waals surface area contributed by atoms with Crippen molar-refractivity contribution >= 4 is 17.5 Å². The number of unbranched alkanes of at least 4 members (excludes halogenated alkanes) is 1. The van der Waals surface area contributed by atoms with Gasteiger partial charge in [-0.15, -0.1) is 0 Å². The molecule has 2 unspecified atom stereocenters. The zero-order chi connectivity index (χ0) is 19.9. The molecule has 0 amide bonds. The van der Waals surface area contributed by atoms with Crippen LogP contribution in [0.3, 0.4) is 0 Å². The van der Waals surface area contributed by atoms with Crippen LogP contribution in [0.2, 0.25) is 0 Å². The molecule has 0 radical (unpaired) electrons. The van der Waals surface area contributed by atoms with Crippen LogP contribution in [0.5, 0.6) is 0 Å². The highest BCUT2D eigenvalue weighted by Crippen LogP contribution is 2.66. The van der Waals surface area contributed by atoms with Crippen molar-refractivity contribution in [2.75, 3.05) is 12.3 Å². The first-order valence-electron chi connectivity index (χ1n) is 11.6. The van der Waals surface area contributed by atoms with Crippen molar-refractivity contribution in [2.24, 2.45) is 45.4 Å². The molecule has 158 valence electrons. The lowest BCUT2D eigenvalue weighted by molar-refractivity contribution is -0.140. The standard InChI is InChI=1S/C23H38N2O2S/c1-22-9-7-15(28-12-4-3-11-24)13-19(22)20(25-27)14-16-17-5-6-21(26)23(17,2)10-8-18(16)22/h15-20H,3-14,24H2,1-2H3/t15-,16-,17-,18-,19?,20?,22+,23-/m0/s1. The molecule has 0 saturated heterocycles. The number of nitrogens with two attached hydrogens (primary N) is 1. The molecule has 0 heterocycles. The van der Waals surface area contributed by atoms with Crippen LogP contribution in [0.25, 0.3) is 0 Å². The van der Waals surface area contributed by atoms with Crippen LogP contribution in [0.1, 0.15) is 78.1 Å². The summed E-state index contributed by atoms with van der Waals surface area (Å²) in [6.07, 6.45) is 11.0. The van der Waals surface area contributed by atoms with E-state index in [4.69, 9.17) is 5.73 Å². The van der Waals surface area contributed by atoms with Crippen LogP contribution in [-0.4, -0.2) is 29.4 Å². The molecule has 4 saturated carbocycles. The van der Waals surface area contributed by atoms with Gasteiger partial charge in [0.1, 0.15) is 5.78 Å². The number of ketones is 1. The summed E-state index contributed by atoms with van der Waals surface area (Å²) >= 11 is 2.10. The molecule has 0 aromatic carbocycles. The first-order chi connectivity index (χ1) is 13.4. The van der Waals surface area contributed by atoms with Crippen molar-refractivity contribution in [3.05, 3.63) is 4.91 Å². The van der Waals surface area contributed by atoms with E-state index in [1.54, 1.807) is 0 Å². The number of hydrogen-bond acceptors (Lipinski definition) is 5. The molecule has 5 heteroatoms. The third-order valence-corrected chi connectivity index (χ3v) is 10.9. The molecular weight excluding hydrogens is 368 g/mol. The van der Waals surface area contributed by atoms with Gasteiger partial charge >= 0.3 is 0 Å². The Kier molecular flexibility index (Phi) is 5.97. The summed E-state index contributed by atoms with van der Waals surface area (Å²) < 4.78 is 0. The molecule has 0 bridgehead atoms. The van der Waals surface area contributed by atoms with Crippen LogP contribution in [-0.2, 0) is 4.79 Å². The molecule has 8 atom stereocenters. The molecule has 4 aliphatic rings. The second kappa shape index (κ2) is 8.02. The highest BCUT2D eigenvalue weighted by molar-refractivity contribution is 7.99. The molecule has 4 nitrogen and oxygen atoms in total. The fourth-order valence-corrected chi connectivity index (χ4v) is 9.13. The number of nitroso groups, excluding NO2 is 1. The van der Waals surface area contributed by atoms with Gasteiger partial charge in [-0.25, -0.2) is 0 Å². The van der Waals surface area contributed by atoms with Gasteiger partial charge in [-0.1, -0.05) is 19.0 Å². The molecule has 0 aliphatic heterocycles. The van der Waals surface area contributed by atoms with E-state index in [1.807, 2.05) is 0 Å². The van der Waals surface area contributed by atoms with Gasteiger partial charge in [0.2, 0.25) is 0 Å². The smallest absolute Gasteiger partial charge is 0.139 e. The SMILES string of the molecule is C[C@]12CC[C@H](SCCCCN)CC1C(N=O)C[C@@H]1[C@@H]2CC[C@]2(C)C(=O)CC[C@@H]12. The van der Waals surface area contributed by atoms with Gasteiger partial charge in [0.05, 0.1) is 6.04 Å². The lowest BCUT2D eigenvalue weighted by atomic mass is 9.44. The summed E-state index contributed by atoms with van der Waals surface area (Å²) in [5, 5.41) is 4.39. The van der Waals surface area contributed by atoms with E-state index < -0.39 is 0 Å². The lowest BCUT2D eigenvalue weighted by Gasteiger charge is -2.61. The number of carbonyl (C=O) groups excluding carboxylic acids is 1. The number of hydrogen-bond donors (Lipinski definition) is 1. The van der Waals surface area contributed by atoms with E-state index in [0.29, 0.717) is 34.7 Å². The van der Waals surface area contributed by atoms with Crippen molar-refractivity contribution < 1.29 is 4.79 Å². The van der Waals surface area contributed by atoms with Crippen LogP contribution >= 0.6 is 11.8 Å². The summed E-state index contributed by atoms with van der Waals surface area (Å²) in [5.41, 5.74) is 5.75. The van der Waals surface area contributed by atoms with Crippen LogP contribution in [0.15, 0.2) is 5.18 Å². The Morgan fingerprint density at radius 1 is 1.07 bits per heavy atom. The molecule has 4 fully saturated rings. The molecule has 2 N–H and O–H groups in total. The van der Waals surface area contributed by atoms with Gasteiger partial charge in [-0.05, 0) is 99.2 Å². The van der Waals surface area contributed by atoms with Crippen molar-refractivity contribution in [1.82, 2.24) is 0 Å². The van der Waals surface area contributed by atoms with Crippen molar-refractivity contribution in [3.8, 4) is 0 Å². The van der Waals surface area contributed by atoms with E-state index >= 15 is 0 Å². The van der Waals surface area contributed by atoms with E-state index in [1.165, 1.54) is 31.4 Å². The molecule has 0 spiro atoms. The molecule has 0 aromatic rings. The van der Waals surface area contributed by atoms with Crippen LogP contribution < -0.4 is 5.73 Å². The quantitative estimate of drug-likeness (QED) is 0.487. The Bertz CT molecular complexity index is 613. The fraction of sp³-hybridized carbons (Fsp3) is 0.957. The van der Waals surface area contributed by atoms with Gasteiger partial charge in [-0.3, -0.25) is 4.79 Å². The van der Waals surface area contributed by atoms with E-state index in [-0.39, 0.29) is 16.9 Å². The third kappa shape index (κ3) is 3.29. The van der Waals surface area contributed by atoms with Gasteiger partial charge in [0.25, 0.3) is 0 Å². The Morgan fingerprint density at radius 3 is 2.64 bits per heavy atom. The molecular formula is C23H38N2O2S. The molecule has 28 heavy (non-hydrogen) atoms. The van der Waals surface area contributed by atoms with Gasteiger partial charge < -0.3 is 5.73 Å². The molecule has 4 aliphatic carbocycles. The minimum absolute atomic E-state index is 0.0447. The zero-order valence-corrected chi connectivity index (χ0v) is 18.5. The van der Waals surface area contributed by atoms with Crippen LogP contribution in [0, 0.1) is 39.4 Å². The maximum atomic E-state index is 12.6. The highest BCUT2D eigenvalue weighted by Gasteiger charge is 2.62. The number of thioether (sulfide) groups is 1. The Morgan fingerprint density at radius 2 is 1.89 bits per heavy atom. The van der Waals surface area contributed by atoms with E-state index in [9.17, 15) is 9.70 Å². The monoisotopic (exact) mass is 406 g/mol. The Labute approximate surface area is 174 Å². The number of rotatable bonds is 6. The predicted octanol–water partition coefficient (Wildman–Crippen LogP) is 5.18. The maximum Gasteiger partial charge on any atom is 0.139 e. The first kappa shape index (κ1) is 20.8. The highest BCUT2D eigenvalue weighted by atomic mass is 32.2. The van der Waals surface area contributed by atoms with E-state index in [2.05, 4.69) is 30.8 Å². The largest absolute Gasteiger partial charge is 0.330 e. The summed E-state index contributed by atoms with van der Waals surface area (Å²) in [6, 6.07) is -0.0447. The fourth-order valence-electron chi connectivity index (χ4n) is 7.80. The number of carbonyl (C=O) groups is 1. The normalized spacial score (nSPS) is 47.9.